The third-order valence-electron chi connectivity index (χ3n) is 7.24. The Labute approximate surface area is 217 Å². The van der Waals surface area contributed by atoms with Gasteiger partial charge in [0.15, 0.2) is 11.6 Å². The highest BCUT2D eigenvalue weighted by atomic mass is 19.2. The number of carbonyl (C=O) groups is 1. The molecule has 3 aromatic rings. The maximum Gasteiger partial charge on any atom is 0.249 e. The summed E-state index contributed by atoms with van der Waals surface area (Å²) in [5.41, 5.74) is 2.06. The van der Waals surface area contributed by atoms with Gasteiger partial charge in [0.25, 0.3) is 0 Å². The first-order valence-corrected chi connectivity index (χ1v) is 12.3. The van der Waals surface area contributed by atoms with Crippen LogP contribution in [0.1, 0.15) is 31.2 Å². The minimum absolute atomic E-state index is 0.00311. The Kier molecular flexibility index (Phi) is 8.68. The molecule has 11 heteroatoms. The number of hydroxylamine groups is 1. The molecule has 2 heterocycles. The monoisotopic (exact) mass is 535 g/mol. The number of nitrogens with one attached hydrogen (secondary N) is 1. The average Bonchev–Trinajstić information content (AvgIpc) is 2.92. The number of ether oxygens (including phenoxy) is 2. The van der Waals surface area contributed by atoms with Gasteiger partial charge in [0.2, 0.25) is 11.7 Å². The Hall–Kier alpha value is -3.44. The molecule has 1 aromatic heterocycles. The largest absolute Gasteiger partial charge is 0.497 e. The summed E-state index contributed by atoms with van der Waals surface area (Å²) < 4.78 is 65.7. The van der Waals surface area contributed by atoms with Crippen molar-refractivity contribution in [3.8, 4) is 11.5 Å². The van der Waals surface area contributed by atoms with E-state index in [0.717, 1.165) is 6.07 Å². The summed E-state index contributed by atoms with van der Waals surface area (Å²) in [6.07, 6.45) is 3.32. The lowest BCUT2D eigenvalue weighted by atomic mass is 9.73. The first-order valence-electron chi connectivity index (χ1n) is 12.3. The van der Waals surface area contributed by atoms with E-state index in [9.17, 15) is 27.6 Å². The number of fused-ring (bicyclic) bond motifs is 1. The van der Waals surface area contributed by atoms with Gasteiger partial charge in [-0.3, -0.25) is 19.9 Å². The van der Waals surface area contributed by atoms with Crippen molar-refractivity contribution in [3.05, 3.63) is 65.4 Å². The number of benzene rings is 2. The third kappa shape index (κ3) is 5.99. The average molecular weight is 536 g/mol. The maximum atomic E-state index is 14.7. The number of pyridine rings is 1. The fourth-order valence-corrected chi connectivity index (χ4v) is 5.02. The van der Waals surface area contributed by atoms with E-state index >= 15 is 0 Å². The predicted molar refractivity (Wildman–Crippen MR) is 131 cm³/mol. The zero-order valence-electron chi connectivity index (χ0n) is 20.9. The molecule has 1 aliphatic heterocycles. The van der Waals surface area contributed by atoms with Crippen molar-refractivity contribution in [3.63, 3.8) is 0 Å². The Balaban J connectivity index is 1.36. The molecule has 204 valence electrons. The van der Waals surface area contributed by atoms with Crippen molar-refractivity contribution in [1.82, 2.24) is 15.4 Å². The standard InChI is InChI=1S/C27H29F4N3O4/c1-37-18-4-5-23-20(15-18)19(22(30)16-32-23)3-2-6-27(26(35)33-36)7-9-34(10-8-27)11-12-38-24-14-17(28)13-21(29)25(24)31/h4-5,13-16,36H,2-3,6-12H2,1H3,(H,33,35). The van der Waals surface area contributed by atoms with Gasteiger partial charge in [-0.05, 0) is 69.0 Å². The predicted octanol–water partition coefficient (Wildman–Crippen LogP) is 4.79. The van der Waals surface area contributed by atoms with Gasteiger partial charge in [0.1, 0.15) is 24.0 Å². The number of likely N-dealkylation sites (tertiary alicyclic amines) is 1. The van der Waals surface area contributed by atoms with Gasteiger partial charge in [0, 0.05) is 24.1 Å². The van der Waals surface area contributed by atoms with E-state index in [4.69, 9.17) is 9.47 Å². The van der Waals surface area contributed by atoms with Crippen LogP contribution < -0.4 is 15.0 Å². The van der Waals surface area contributed by atoms with E-state index in [1.165, 1.54) is 13.3 Å². The summed E-state index contributed by atoms with van der Waals surface area (Å²) >= 11 is 0. The van der Waals surface area contributed by atoms with Crippen LogP contribution in [0.15, 0.2) is 36.5 Å². The van der Waals surface area contributed by atoms with Crippen molar-refractivity contribution in [2.75, 3.05) is 33.4 Å². The molecule has 0 spiro atoms. The van der Waals surface area contributed by atoms with Crippen LogP contribution in [0.25, 0.3) is 10.9 Å². The van der Waals surface area contributed by atoms with Crippen LogP contribution >= 0.6 is 0 Å². The molecular weight excluding hydrogens is 506 g/mol. The number of methoxy groups -OCH3 is 1. The minimum atomic E-state index is -1.32. The smallest absolute Gasteiger partial charge is 0.249 e. The van der Waals surface area contributed by atoms with Crippen molar-refractivity contribution >= 4 is 16.8 Å². The van der Waals surface area contributed by atoms with E-state index in [-0.39, 0.29) is 6.61 Å². The van der Waals surface area contributed by atoms with Crippen molar-refractivity contribution in [1.29, 1.82) is 0 Å². The van der Waals surface area contributed by atoms with Gasteiger partial charge < -0.3 is 9.47 Å². The molecule has 7 nitrogen and oxygen atoms in total. The molecular formula is C27H29F4N3O4. The molecule has 1 fully saturated rings. The van der Waals surface area contributed by atoms with Gasteiger partial charge >= 0.3 is 0 Å². The minimum Gasteiger partial charge on any atom is -0.497 e. The fraction of sp³-hybridized carbons (Fsp3) is 0.407. The zero-order chi connectivity index (χ0) is 27.3. The number of nitrogens with zero attached hydrogens (tertiary/aromatic N) is 2. The Morgan fingerprint density at radius 1 is 1.13 bits per heavy atom. The molecule has 1 saturated heterocycles. The first-order chi connectivity index (χ1) is 18.3. The molecule has 0 bridgehead atoms. The Bertz CT molecular complexity index is 1300. The normalized spacial score (nSPS) is 15.4. The molecule has 1 amide bonds. The highest BCUT2D eigenvalue weighted by molar-refractivity contribution is 5.84. The Morgan fingerprint density at radius 3 is 2.61 bits per heavy atom. The van der Waals surface area contributed by atoms with Crippen molar-refractivity contribution < 1.29 is 37.0 Å². The highest BCUT2D eigenvalue weighted by Gasteiger charge is 2.40. The van der Waals surface area contributed by atoms with Crippen molar-refractivity contribution in [2.45, 2.75) is 32.1 Å². The van der Waals surface area contributed by atoms with Crippen LogP contribution in [0.4, 0.5) is 17.6 Å². The van der Waals surface area contributed by atoms with Crippen LogP contribution in [0, 0.1) is 28.7 Å². The van der Waals surface area contributed by atoms with Crippen LogP contribution in [-0.2, 0) is 11.2 Å². The second kappa shape index (κ2) is 12.0. The van der Waals surface area contributed by atoms with E-state index < -0.39 is 40.3 Å². The quantitative estimate of drug-likeness (QED) is 0.168. The van der Waals surface area contributed by atoms with Gasteiger partial charge in [-0.2, -0.15) is 4.39 Å². The van der Waals surface area contributed by atoms with Gasteiger partial charge in [-0.15, -0.1) is 0 Å². The molecule has 0 radical (unpaired) electrons. The third-order valence-corrected chi connectivity index (χ3v) is 7.24. The number of hydrogen-bond donors (Lipinski definition) is 2. The van der Waals surface area contributed by atoms with Gasteiger partial charge in [0.05, 0.1) is 24.2 Å². The highest BCUT2D eigenvalue weighted by Crippen LogP contribution is 2.37. The summed E-state index contributed by atoms with van der Waals surface area (Å²) in [5.74, 6) is -4.35. The van der Waals surface area contributed by atoms with E-state index in [0.29, 0.717) is 80.0 Å². The summed E-state index contributed by atoms with van der Waals surface area (Å²) in [4.78, 5) is 18.8. The lowest BCUT2D eigenvalue weighted by molar-refractivity contribution is -0.143. The number of halogens is 4. The molecule has 0 unspecified atom stereocenters. The molecule has 2 N–H and O–H groups in total. The molecule has 38 heavy (non-hydrogen) atoms. The zero-order valence-corrected chi connectivity index (χ0v) is 20.9. The Morgan fingerprint density at radius 2 is 1.89 bits per heavy atom. The number of carbonyl (C=O) groups excluding carboxylic acids is 1. The molecule has 0 atom stereocenters. The lowest BCUT2D eigenvalue weighted by Crippen LogP contribution is -2.49. The number of rotatable bonds is 10. The van der Waals surface area contributed by atoms with Gasteiger partial charge in [-0.1, -0.05) is 0 Å². The summed E-state index contributed by atoms with van der Waals surface area (Å²) in [5, 5.41) is 10.1. The summed E-state index contributed by atoms with van der Waals surface area (Å²) in [7, 11) is 1.53. The van der Waals surface area contributed by atoms with E-state index in [1.807, 2.05) is 4.90 Å². The molecule has 1 aliphatic rings. The lowest BCUT2D eigenvalue weighted by Gasteiger charge is -2.40. The van der Waals surface area contributed by atoms with Gasteiger partial charge in [-0.25, -0.2) is 18.7 Å². The second-order valence-corrected chi connectivity index (χ2v) is 9.43. The van der Waals surface area contributed by atoms with Crippen LogP contribution in [0.5, 0.6) is 11.5 Å². The van der Waals surface area contributed by atoms with Crippen LogP contribution in [-0.4, -0.2) is 54.3 Å². The summed E-state index contributed by atoms with van der Waals surface area (Å²) in [6.45, 7) is 1.32. The maximum absolute atomic E-state index is 14.7. The van der Waals surface area contributed by atoms with E-state index in [1.54, 1.807) is 23.7 Å². The van der Waals surface area contributed by atoms with Crippen LogP contribution in [0.2, 0.25) is 0 Å². The number of aryl methyl sites for hydroxylation is 1. The number of amides is 1. The van der Waals surface area contributed by atoms with E-state index in [2.05, 4.69) is 4.98 Å². The first kappa shape index (κ1) is 27.6. The fourth-order valence-electron chi connectivity index (χ4n) is 5.02. The number of aromatic nitrogens is 1. The molecule has 4 rings (SSSR count). The number of hydrogen-bond acceptors (Lipinski definition) is 6. The SMILES string of the molecule is COc1ccc2ncc(F)c(CCCC3(C(=O)NO)CCN(CCOc4cc(F)cc(F)c4F)CC3)c2c1. The topological polar surface area (TPSA) is 83.9 Å². The number of piperidine rings is 1. The van der Waals surface area contributed by atoms with Crippen molar-refractivity contribution in [2.24, 2.45) is 5.41 Å². The molecule has 0 aliphatic carbocycles. The molecule has 0 saturated carbocycles. The molecule has 2 aromatic carbocycles. The second-order valence-electron chi connectivity index (χ2n) is 9.43. The summed E-state index contributed by atoms with van der Waals surface area (Å²) in [6, 6.07) is 6.48. The van der Waals surface area contributed by atoms with Crippen LogP contribution in [0.3, 0.4) is 0 Å².